The smallest absolute Gasteiger partial charge is 0.319 e. The number of carbonyl (C=O) groups excluding carboxylic acids is 2. The molecule has 3 aromatic rings. The molecule has 3 amide bonds. The number of amides is 3. The van der Waals surface area contributed by atoms with E-state index >= 15 is 4.39 Å². The monoisotopic (exact) mass is 590 g/mol. The van der Waals surface area contributed by atoms with Crippen molar-refractivity contribution in [3.63, 3.8) is 0 Å². The van der Waals surface area contributed by atoms with Crippen LogP contribution in [0.3, 0.4) is 0 Å². The van der Waals surface area contributed by atoms with E-state index in [1.165, 1.54) is 11.3 Å². The van der Waals surface area contributed by atoms with Gasteiger partial charge in [0.15, 0.2) is 6.17 Å². The minimum Gasteiger partial charge on any atom is -0.457 e. The van der Waals surface area contributed by atoms with Gasteiger partial charge in [0.1, 0.15) is 11.5 Å². The Hall–Kier alpha value is -3.83. The number of nitrogens with one attached hydrogen (secondary N) is 3. The molecule has 0 aromatic carbocycles. The molecular weight excluding hydrogens is 555 g/mol. The van der Waals surface area contributed by atoms with E-state index in [-0.39, 0.29) is 29.8 Å². The first kappa shape index (κ1) is 28.3. The van der Waals surface area contributed by atoms with Gasteiger partial charge in [-0.15, -0.1) is 11.3 Å². The van der Waals surface area contributed by atoms with Gasteiger partial charge in [0.05, 0.1) is 20.8 Å². The molecule has 1 aliphatic heterocycles. The molecule has 1 saturated heterocycles. The molecule has 3 N–H and O–H groups in total. The van der Waals surface area contributed by atoms with Gasteiger partial charge in [-0.25, -0.2) is 9.18 Å². The van der Waals surface area contributed by atoms with Crippen LogP contribution in [0.2, 0.25) is 0 Å². The number of piperidine rings is 1. The molecule has 0 spiro atoms. The van der Waals surface area contributed by atoms with Gasteiger partial charge in [0, 0.05) is 55.6 Å². The van der Waals surface area contributed by atoms with Crippen LogP contribution in [-0.2, 0) is 11.3 Å². The molecule has 6 rings (SSSR count). The van der Waals surface area contributed by atoms with Gasteiger partial charge < -0.3 is 25.6 Å². The van der Waals surface area contributed by atoms with Crippen molar-refractivity contribution in [1.29, 1.82) is 0 Å². The number of ether oxygens (including phenoxy) is 1. The first-order chi connectivity index (χ1) is 20.4. The number of pyridine rings is 2. The lowest BCUT2D eigenvalue weighted by Crippen LogP contribution is -2.44. The SMILES string of the molecule is CC(=O)N(Cc1ccc(-c2cc3nccc(OC4=CC=C(NC(=O)NC5CC5)C(C)C4F)c3s2)nc1)C1CCNCC1. The fourth-order valence-electron chi connectivity index (χ4n) is 5.37. The molecule has 2 fully saturated rings. The molecular formula is C31H35FN6O3S. The molecule has 2 unspecified atom stereocenters. The van der Waals surface area contributed by atoms with Gasteiger partial charge >= 0.3 is 6.03 Å². The number of aromatic nitrogens is 2. The van der Waals surface area contributed by atoms with E-state index in [1.807, 2.05) is 29.3 Å². The summed E-state index contributed by atoms with van der Waals surface area (Å²) in [5.41, 5.74) is 3.03. The van der Waals surface area contributed by atoms with E-state index in [9.17, 15) is 9.59 Å². The highest BCUT2D eigenvalue weighted by Crippen LogP contribution is 2.39. The highest BCUT2D eigenvalue weighted by Gasteiger charge is 2.31. The minimum absolute atomic E-state index is 0.0779. The molecule has 3 aliphatic rings. The summed E-state index contributed by atoms with van der Waals surface area (Å²) in [6.07, 6.45) is 9.20. The van der Waals surface area contributed by atoms with E-state index in [4.69, 9.17) is 9.72 Å². The zero-order chi connectivity index (χ0) is 29.2. The van der Waals surface area contributed by atoms with E-state index in [2.05, 4.69) is 20.9 Å². The maximum absolute atomic E-state index is 15.4. The predicted octanol–water partition coefficient (Wildman–Crippen LogP) is 5.05. The second-order valence-electron chi connectivity index (χ2n) is 11.2. The number of hydrogen-bond acceptors (Lipinski definition) is 7. The highest BCUT2D eigenvalue weighted by molar-refractivity contribution is 7.22. The lowest BCUT2D eigenvalue weighted by atomic mass is 9.95. The number of hydrogen-bond donors (Lipinski definition) is 3. The van der Waals surface area contributed by atoms with Crippen LogP contribution in [0.15, 0.2) is 60.3 Å². The first-order valence-corrected chi connectivity index (χ1v) is 15.3. The molecule has 220 valence electrons. The zero-order valence-electron chi connectivity index (χ0n) is 23.7. The average molecular weight is 591 g/mol. The number of carbonyl (C=O) groups is 2. The Morgan fingerprint density at radius 1 is 1.14 bits per heavy atom. The lowest BCUT2D eigenvalue weighted by Gasteiger charge is -2.34. The first-order valence-electron chi connectivity index (χ1n) is 14.5. The molecule has 3 aromatic heterocycles. The van der Waals surface area contributed by atoms with Crippen LogP contribution < -0.4 is 20.7 Å². The van der Waals surface area contributed by atoms with E-state index < -0.39 is 12.1 Å². The van der Waals surface area contributed by atoms with E-state index in [0.29, 0.717) is 18.0 Å². The fraction of sp³-hybridized carbons (Fsp3) is 0.419. The third kappa shape index (κ3) is 6.32. The maximum Gasteiger partial charge on any atom is 0.319 e. The van der Waals surface area contributed by atoms with E-state index in [0.717, 1.165) is 65.1 Å². The minimum atomic E-state index is -1.41. The van der Waals surface area contributed by atoms with Crippen molar-refractivity contribution in [2.24, 2.45) is 5.92 Å². The molecule has 11 heteroatoms. The van der Waals surface area contributed by atoms with Gasteiger partial charge in [-0.1, -0.05) is 13.0 Å². The van der Waals surface area contributed by atoms with Gasteiger partial charge in [-0.3, -0.25) is 14.8 Å². The number of thiophene rings is 1. The van der Waals surface area contributed by atoms with Crippen LogP contribution in [0, 0.1) is 5.92 Å². The average Bonchev–Trinajstić information content (AvgIpc) is 3.69. The van der Waals surface area contributed by atoms with Gasteiger partial charge in [-0.05, 0) is 68.6 Å². The number of halogens is 1. The number of allylic oxidation sites excluding steroid dienone is 4. The Balaban J connectivity index is 1.17. The second-order valence-corrected chi connectivity index (χ2v) is 12.2. The normalized spacial score (nSPS) is 20.9. The van der Waals surface area contributed by atoms with Crippen LogP contribution >= 0.6 is 11.3 Å². The van der Waals surface area contributed by atoms with Crippen molar-refractivity contribution >= 4 is 33.5 Å². The van der Waals surface area contributed by atoms with Crippen molar-refractivity contribution in [2.45, 2.75) is 64.3 Å². The van der Waals surface area contributed by atoms with Gasteiger partial charge in [0.25, 0.3) is 0 Å². The summed E-state index contributed by atoms with van der Waals surface area (Å²) in [6.45, 7) is 5.74. The standard InChI is InChI=1S/C31H35FN6O3S/c1-18-23(37-31(40)36-21-4-5-21)7-8-26(29(18)32)41-27-11-14-34-25-15-28(42-30(25)27)24-6-3-20(16-35-24)17-38(19(2)39)22-9-12-33-13-10-22/h3,6-8,11,14-16,18,21-22,29,33H,4-5,9-10,12-13,17H2,1-2H3,(H2,36,37,40). The van der Waals surface area contributed by atoms with Crippen molar-refractivity contribution in [3.8, 4) is 16.3 Å². The number of rotatable bonds is 8. The third-order valence-electron chi connectivity index (χ3n) is 7.99. The van der Waals surface area contributed by atoms with Crippen LogP contribution in [0.25, 0.3) is 20.8 Å². The topological polar surface area (TPSA) is 108 Å². The van der Waals surface area contributed by atoms with Gasteiger partial charge in [0.2, 0.25) is 5.91 Å². The summed E-state index contributed by atoms with van der Waals surface area (Å²) in [7, 11) is 0. The Bertz CT molecular complexity index is 1530. The molecule has 2 atom stereocenters. The quantitative estimate of drug-likeness (QED) is 0.339. The van der Waals surface area contributed by atoms with Crippen molar-refractivity contribution in [3.05, 3.63) is 65.8 Å². The molecule has 9 nitrogen and oxygen atoms in total. The summed E-state index contributed by atoms with van der Waals surface area (Å²) in [5, 5.41) is 8.99. The summed E-state index contributed by atoms with van der Waals surface area (Å²) in [5.74, 6) is 0.213. The largest absolute Gasteiger partial charge is 0.457 e. The Labute approximate surface area is 248 Å². The fourth-order valence-corrected chi connectivity index (χ4v) is 6.41. The van der Waals surface area contributed by atoms with Crippen LogP contribution in [0.1, 0.15) is 45.1 Å². The van der Waals surface area contributed by atoms with Crippen molar-refractivity contribution < 1.29 is 18.7 Å². The van der Waals surface area contributed by atoms with Crippen molar-refractivity contribution in [2.75, 3.05) is 13.1 Å². The molecule has 4 heterocycles. The number of fused-ring (bicyclic) bond motifs is 1. The molecule has 0 bridgehead atoms. The van der Waals surface area contributed by atoms with Crippen LogP contribution in [0.5, 0.6) is 5.75 Å². The summed E-state index contributed by atoms with van der Waals surface area (Å²) >= 11 is 1.48. The summed E-state index contributed by atoms with van der Waals surface area (Å²) in [4.78, 5) is 36.6. The lowest BCUT2D eigenvalue weighted by molar-refractivity contribution is -0.132. The van der Waals surface area contributed by atoms with E-state index in [1.54, 1.807) is 38.3 Å². The Morgan fingerprint density at radius 2 is 1.95 bits per heavy atom. The number of alkyl halides is 1. The second kappa shape index (κ2) is 12.2. The van der Waals surface area contributed by atoms with Crippen LogP contribution in [0.4, 0.5) is 9.18 Å². The molecule has 2 aliphatic carbocycles. The maximum atomic E-state index is 15.4. The van der Waals surface area contributed by atoms with Gasteiger partial charge in [-0.2, -0.15) is 0 Å². The Kier molecular flexibility index (Phi) is 8.21. The molecule has 1 saturated carbocycles. The zero-order valence-corrected chi connectivity index (χ0v) is 24.5. The molecule has 0 radical (unpaired) electrons. The number of nitrogens with zero attached hydrogens (tertiary/aromatic N) is 3. The van der Waals surface area contributed by atoms with Crippen LogP contribution in [-0.4, -0.2) is 58.2 Å². The third-order valence-corrected chi connectivity index (χ3v) is 9.15. The summed E-state index contributed by atoms with van der Waals surface area (Å²) < 4.78 is 22.3. The highest BCUT2D eigenvalue weighted by atomic mass is 32.1. The predicted molar refractivity (Wildman–Crippen MR) is 161 cm³/mol. The molecule has 42 heavy (non-hydrogen) atoms. The Morgan fingerprint density at radius 3 is 2.67 bits per heavy atom. The summed E-state index contributed by atoms with van der Waals surface area (Å²) in [6, 6.07) is 7.82. The van der Waals surface area contributed by atoms with Crippen molar-refractivity contribution in [1.82, 2.24) is 30.8 Å². The number of urea groups is 1.